The number of nitrogens with one attached hydrogen (secondary N) is 1. The molecule has 2 aromatic heterocycles. The highest BCUT2D eigenvalue weighted by molar-refractivity contribution is 5.55. The molecule has 2 heterocycles. The number of benzene rings is 1. The molecule has 0 saturated carbocycles. The minimum Gasteiger partial charge on any atom is -0.307 e. The minimum atomic E-state index is -2.78. The van der Waals surface area contributed by atoms with Crippen LogP contribution in [0.3, 0.4) is 0 Å². The van der Waals surface area contributed by atoms with Crippen LogP contribution in [0, 0.1) is 0 Å². The van der Waals surface area contributed by atoms with E-state index in [0.717, 1.165) is 36.8 Å². The van der Waals surface area contributed by atoms with Gasteiger partial charge in [-0.25, -0.2) is 13.8 Å². The lowest BCUT2D eigenvalue weighted by Crippen LogP contribution is -2.21. The minimum absolute atomic E-state index is 0.146. The quantitative estimate of drug-likeness (QED) is 0.692. The molecule has 0 amide bonds. The van der Waals surface area contributed by atoms with Crippen molar-refractivity contribution in [3.63, 3.8) is 0 Å². The maximum atomic E-state index is 12.8. The van der Waals surface area contributed by atoms with Crippen molar-refractivity contribution >= 4 is 0 Å². The van der Waals surface area contributed by atoms with Crippen molar-refractivity contribution in [2.75, 3.05) is 13.6 Å². The lowest BCUT2D eigenvalue weighted by atomic mass is 10.1. The first-order valence-corrected chi connectivity index (χ1v) is 8.58. The molecule has 1 N–H and O–H groups in total. The van der Waals surface area contributed by atoms with Gasteiger partial charge in [-0.1, -0.05) is 30.3 Å². The van der Waals surface area contributed by atoms with E-state index in [-0.39, 0.29) is 5.82 Å². The third-order valence-electron chi connectivity index (χ3n) is 4.14. The zero-order valence-corrected chi connectivity index (χ0v) is 14.9. The lowest BCUT2D eigenvalue weighted by molar-refractivity contribution is 0.146. The van der Waals surface area contributed by atoms with E-state index < -0.39 is 17.7 Å². The maximum absolute atomic E-state index is 12.8. The Hall–Kier alpha value is -2.93. The Kier molecular flexibility index (Phi) is 6.03. The number of alkyl halides is 2. The van der Waals surface area contributed by atoms with Crippen LogP contribution in [-0.2, 0) is 13.0 Å². The summed E-state index contributed by atoms with van der Waals surface area (Å²) in [5.41, 5.74) is 1.61. The average Bonchev–Trinajstić information content (AvgIpc) is 2.67. The SMILES string of the molecule is CN(CCc1ccccn1)Cc1ccc(-c2nc(C(F)F)cc(=O)[nH]2)cc1. The van der Waals surface area contributed by atoms with Crippen LogP contribution in [0.25, 0.3) is 11.4 Å². The van der Waals surface area contributed by atoms with Gasteiger partial charge < -0.3 is 9.88 Å². The normalized spacial score (nSPS) is 11.3. The largest absolute Gasteiger partial charge is 0.307 e. The van der Waals surface area contributed by atoms with Crippen LogP contribution < -0.4 is 5.56 Å². The summed E-state index contributed by atoms with van der Waals surface area (Å²) in [4.78, 5) is 24.4. The number of H-pyrrole nitrogens is 1. The molecule has 0 aliphatic carbocycles. The predicted octanol–water partition coefficient (Wildman–Crippen LogP) is 3.44. The summed E-state index contributed by atoms with van der Waals surface area (Å²) in [5, 5.41) is 0. The summed E-state index contributed by atoms with van der Waals surface area (Å²) in [7, 11) is 2.03. The van der Waals surface area contributed by atoms with E-state index in [9.17, 15) is 13.6 Å². The van der Waals surface area contributed by atoms with Gasteiger partial charge in [0.25, 0.3) is 12.0 Å². The van der Waals surface area contributed by atoms with Crippen LogP contribution in [-0.4, -0.2) is 33.4 Å². The monoisotopic (exact) mass is 370 g/mol. The van der Waals surface area contributed by atoms with Gasteiger partial charge in [0.1, 0.15) is 11.5 Å². The summed E-state index contributed by atoms with van der Waals surface area (Å²) in [6.07, 6.45) is -0.130. The zero-order valence-electron chi connectivity index (χ0n) is 14.9. The predicted molar refractivity (Wildman–Crippen MR) is 99.5 cm³/mol. The molecule has 0 spiro atoms. The Morgan fingerprint density at radius 3 is 2.59 bits per heavy atom. The van der Waals surface area contributed by atoms with Crippen LogP contribution in [0.2, 0.25) is 0 Å². The molecule has 0 fully saturated rings. The summed E-state index contributed by atoms with van der Waals surface area (Å²) >= 11 is 0. The van der Waals surface area contributed by atoms with E-state index in [1.54, 1.807) is 18.3 Å². The van der Waals surface area contributed by atoms with Crippen molar-refractivity contribution in [1.82, 2.24) is 19.9 Å². The number of halogens is 2. The highest BCUT2D eigenvalue weighted by atomic mass is 19.3. The first-order chi connectivity index (χ1) is 13.0. The van der Waals surface area contributed by atoms with Crippen LogP contribution in [0.5, 0.6) is 0 Å². The molecule has 0 saturated heterocycles. The van der Waals surface area contributed by atoms with Gasteiger partial charge in [-0.15, -0.1) is 0 Å². The molecule has 0 bridgehead atoms. The molecule has 1 aromatic carbocycles. The first-order valence-electron chi connectivity index (χ1n) is 8.58. The van der Waals surface area contributed by atoms with Gasteiger partial charge in [0.15, 0.2) is 0 Å². The van der Waals surface area contributed by atoms with Crippen molar-refractivity contribution in [1.29, 1.82) is 0 Å². The molecule has 0 aliphatic rings. The standard InChI is InChI=1S/C20H20F2N4O/c1-26(11-9-16-4-2-3-10-23-16)13-14-5-7-15(8-6-14)20-24-17(19(21)22)12-18(27)25-20/h2-8,10,12,19H,9,11,13H2,1H3,(H,24,25,27). The number of likely N-dealkylation sites (N-methyl/N-ethyl adjacent to an activating group) is 1. The second-order valence-electron chi connectivity index (χ2n) is 6.33. The second kappa shape index (κ2) is 8.64. The van der Waals surface area contributed by atoms with Crippen molar-refractivity contribution < 1.29 is 8.78 Å². The van der Waals surface area contributed by atoms with E-state index in [1.165, 1.54) is 0 Å². The van der Waals surface area contributed by atoms with Gasteiger partial charge in [0.05, 0.1) is 0 Å². The van der Waals surface area contributed by atoms with Crippen molar-refractivity contribution in [2.24, 2.45) is 0 Å². The summed E-state index contributed by atoms with van der Waals surface area (Å²) < 4.78 is 25.6. The molecule has 0 unspecified atom stereocenters. The Labute approximate surface area is 155 Å². The zero-order chi connectivity index (χ0) is 19.2. The number of pyridine rings is 1. The maximum Gasteiger partial charge on any atom is 0.280 e. The molecule has 7 heteroatoms. The molecule has 3 rings (SSSR count). The number of aromatic nitrogens is 3. The Morgan fingerprint density at radius 2 is 1.93 bits per heavy atom. The molecule has 0 radical (unpaired) electrons. The number of aromatic amines is 1. The molecule has 140 valence electrons. The topological polar surface area (TPSA) is 61.9 Å². The highest BCUT2D eigenvalue weighted by Crippen LogP contribution is 2.19. The fourth-order valence-corrected chi connectivity index (χ4v) is 2.74. The Balaban J connectivity index is 1.64. The molecule has 5 nitrogen and oxygen atoms in total. The van der Waals surface area contributed by atoms with Gasteiger partial charge in [-0.05, 0) is 24.7 Å². The molecule has 27 heavy (non-hydrogen) atoms. The van der Waals surface area contributed by atoms with Gasteiger partial charge in [-0.2, -0.15) is 0 Å². The van der Waals surface area contributed by atoms with Crippen LogP contribution in [0.4, 0.5) is 8.78 Å². The lowest BCUT2D eigenvalue weighted by Gasteiger charge is -2.16. The van der Waals surface area contributed by atoms with Crippen LogP contribution in [0.1, 0.15) is 23.4 Å². The van der Waals surface area contributed by atoms with E-state index >= 15 is 0 Å². The fourth-order valence-electron chi connectivity index (χ4n) is 2.74. The number of rotatable bonds is 7. The van der Waals surface area contributed by atoms with Gasteiger partial charge >= 0.3 is 0 Å². The molecule has 3 aromatic rings. The molecule has 0 aliphatic heterocycles. The van der Waals surface area contributed by atoms with Gasteiger partial charge in [-0.3, -0.25) is 9.78 Å². The highest BCUT2D eigenvalue weighted by Gasteiger charge is 2.12. The molecular weight excluding hydrogens is 350 g/mol. The molecular formula is C20H20F2N4O. The van der Waals surface area contributed by atoms with E-state index in [0.29, 0.717) is 5.56 Å². The Morgan fingerprint density at radius 1 is 1.15 bits per heavy atom. The summed E-state index contributed by atoms with van der Waals surface area (Å²) in [6.45, 7) is 1.61. The van der Waals surface area contributed by atoms with E-state index in [4.69, 9.17) is 0 Å². The fraction of sp³-hybridized carbons (Fsp3) is 0.250. The van der Waals surface area contributed by atoms with Crippen molar-refractivity contribution in [2.45, 2.75) is 19.4 Å². The molecule has 0 atom stereocenters. The number of hydrogen-bond acceptors (Lipinski definition) is 4. The average molecular weight is 370 g/mol. The number of nitrogens with zero attached hydrogens (tertiary/aromatic N) is 3. The first kappa shape index (κ1) is 18.8. The van der Waals surface area contributed by atoms with Crippen molar-refractivity contribution in [3.05, 3.63) is 82.0 Å². The van der Waals surface area contributed by atoms with Gasteiger partial charge in [0.2, 0.25) is 0 Å². The third kappa shape index (κ3) is 5.27. The Bertz CT molecular complexity index is 927. The van der Waals surface area contributed by atoms with E-state index in [1.807, 2.05) is 37.4 Å². The van der Waals surface area contributed by atoms with Crippen LogP contribution >= 0.6 is 0 Å². The number of hydrogen-bond donors (Lipinski definition) is 1. The van der Waals surface area contributed by atoms with Gasteiger partial charge in [0, 0.05) is 43.0 Å². The summed E-state index contributed by atoms with van der Waals surface area (Å²) in [5.74, 6) is 0.146. The van der Waals surface area contributed by atoms with Crippen LogP contribution in [0.15, 0.2) is 59.5 Å². The van der Waals surface area contributed by atoms with Crippen molar-refractivity contribution in [3.8, 4) is 11.4 Å². The third-order valence-corrected chi connectivity index (χ3v) is 4.14. The summed E-state index contributed by atoms with van der Waals surface area (Å²) in [6, 6.07) is 14.0. The van der Waals surface area contributed by atoms with E-state index in [2.05, 4.69) is 19.9 Å². The smallest absolute Gasteiger partial charge is 0.280 e. The second-order valence-corrected chi connectivity index (χ2v) is 6.33.